The first kappa shape index (κ1) is 22.1. The van der Waals surface area contributed by atoms with Gasteiger partial charge in [-0.15, -0.1) is 5.73 Å². The second-order valence-corrected chi connectivity index (χ2v) is 14.4. The van der Waals surface area contributed by atoms with Crippen LogP contribution in [-0.4, -0.2) is 12.1 Å². The quantitative estimate of drug-likeness (QED) is 0.401. The molecule has 9 rings (SSSR count). The average molecular weight is 461 g/mol. The predicted molar refractivity (Wildman–Crippen MR) is 140 cm³/mol. The molecule has 0 heterocycles. The minimum atomic E-state index is 0.377. The van der Waals surface area contributed by atoms with Crippen LogP contribution in [0.2, 0.25) is 0 Å². The molecule has 0 aromatic carbocycles. The Morgan fingerprint density at radius 2 is 1.09 bits per heavy atom. The van der Waals surface area contributed by atoms with Gasteiger partial charge in [0.2, 0.25) is 0 Å². The van der Waals surface area contributed by atoms with E-state index in [1.165, 1.54) is 108 Å². The van der Waals surface area contributed by atoms with Gasteiger partial charge in [0.1, 0.15) is 0 Å². The fraction of sp³-hybridized carbons (Fsp3) is 0.844. The number of hydrogen-bond acceptors (Lipinski definition) is 2. The Bertz CT molecular complexity index is 818. The summed E-state index contributed by atoms with van der Waals surface area (Å²) in [5.74, 6) is 5.95. The standard InChI is InChI=1S/C32H48N2/c1-3-29(31-15-21-9-22(16-31)11-23(10-21)17-31)33-27-7-5-6-8-28(27)34-30(4-2)32-18-24-12-25(19-32)14-26(13-24)20-32/h4,21-28,33-34H,1,5-20H2,2H3/b30-4-. The van der Waals surface area contributed by atoms with E-state index in [1.54, 1.807) is 5.70 Å². The Labute approximate surface area is 208 Å². The highest BCUT2D eigenvalue weighted by Crippen LogP contribution is 2.63. The highest BCUT2D eigenvalue weighted by molar-refractivity contribution is 5.23. The molecule has 34 heavy (non-hydrogen) atoms. The van der Waals surface area contributed by atoms with E-state index in [9.17, 15) is 0 Å². The maximum atomic E-state index is 4.26. The summed E-state index contributed by atoms with van der Waals surface area (Å²) < 4.78 is 0. The van der Waals surface area contributed by atoms with E-state index in [0.29, 0.717) is 22.9 Å². The zero-order valence-corrected chi connectivity index (χ0v) is 21.7. The SMILES string of the molecule is C=C=C(NC1CCCCC1N/C(=C\C)C12CC3CC(CC(C3)C1)C2)C12CC3CC(CC(C3)C1)C2. The second-order valence-electron chi connectivity index (χ2n) is 14.4. The Hall–Kier alpha value is -1.14. The van der Waals surface area contributed by atoms with Crippen LogP contribution in [0.1, 0.15) is 110 Å². The van der Waals surface area contributed by atoms with Crippen LogP contribution >= 0.6 is 0 Å². The van der Waals surface area contributed by atoms with Crippen molar-refractivity contribution >= 4 is 0 Å². The molecule has 2 nitrogen and oxygen atoms in total. The molecule has 2 N–H and O–H groups in total. The van der Waals surface area contributed by atoms with Crippen molar-refractivity contribution in [2.75, 3.05) is 0 Å². The van der Waals surface area contributed by atoms with Crippen LogP contribution < -0.4 is 10.6 Å². The molecule has 9 saturated carbocycles. The third kappa shape index (κ3) is 3.56. The molecule has 186 valence electrons. The maximum absolute atomic E-state index is 4.26. The third-order valence-corrected chi connectivity index (χ3v) is 12.1. The van der Waals surface area contributed by atoms with Crippen molar-refractivity contribution in [3.63, 3.8) is 0 Å². The van der Waals surface area contributed by atoms with Gasteiger partial charge in [0.25, 0.3) is 0 Å². The number of nitrogens with one attached hydrogen (secondary N) is 2. The molecule has 9 fully saturated rings. The van der Waals surface area contributed by atoms with E-state index in [0.717, 1.165) is 35.5 Å². The lowest BCUT2D eigenvalue weighted by Gasteiger charge is -2.58. The van der Waals surface area contributed by atoms with Crippen LogP contribution in [0.5, 0.6) is 0 Å². The minimum Gasteiger partial charge on any atom is -0.383 e. The molecular formula is C32H48N2. The molecule has 8 bridgehead atoms. The molecule has 9 aliphatic carbocycles. The minimum absolute atomic E-state index is 0.377. The summed E-state index contributed by atoms with van der Waals surface area (Å²) in [5.41, 5.74) is 7.42. The first-order valence-electron chi connectivity index (χ1n) is 15.2. The first-order valence-corrected chi connectivity index (χ1v) is 15.2. The van der Waals surface area contributed by atoms with E-state index in [4.69, 9.17) is 0 Å². The lowest BCUT2D eigenvalue weighted by atomic mass is 9.48. The summed E-state index contributed by atoms with van der Waals surface area (Å²) in [4.78, 5) is 0. The average Bonchev–Trinajstić information content (AvgIpc) is 2.79. The van der Waals surface area contributed by atoms with Gasteiger partial charge in [0.05, 0.1) is 5.70 Å². The van der Waals surface area contributed by atoms with Crippen LogP contribution in [0.3, 0.4) is 0 Å². The lowest BCUT2D eigenvalue weighted by Crippen LogP contribution is -2.56. The van der Waals surface area contributed by atoms with Gasteiger partial charge in [0.15, 0.2) is 0 Å². The second kappa shape index (κ2) is 8.19. The smallest absolute Gasteiger partial charge is 0.0597 e. The van der Waals surface area contributed by atoms with Crippen molar-refractivity contribution in [1.82, 2.24) is 10.6 Å². The fourth-order valence-electron chi connectivity index (χ4n) is 11.7. The summed E-state index contributed by atoms with van der Waals surface area (Å²) in [7, 11) is 0. The van der Waals surface area contributed by atoms with E-state index in [-0.39, 0.29) is 0 Å². The molecular weight excluding hydrogens is 412 g/mol. The van der Waals surface area contributed by atoms with Crippen LogP contribution in [0, 0.1) is 46.3 Å². The molecule has 9 aliphatic rings. The molecule has 0 aromatic heterocycles. The van der Waals surface area contributed by atoms with Crippen molar-refractivity contribution in [3.8, 4) is 0 Å². The zero-order valence-electron chi connectivity index (χ0n) is 21.7. The largest absolute Gasteiger partial charge is 0.383 e. The molecule has 2 heteroatoms. The van der Waals surface area contributed by atoms with Crippen molar-refractivity contribution in [1.29, 1.82) is 0 Å². The highest BCUT2D eigenvalue weighted by atomic mass is 15.1. The van der Waals surface area contributed by atoms with Crippen LogP contribution in [0.15, 0.2) is 29.8 Å². The first-order chi connectivity index (χ1) is 16.6. The molecule has 0 aromatic rings. The summed E-state index contributed by atoms with van der Waals surface area (Å²) >= 11 is 0. The Morgan fingerprint density at radius 1 is 0.676 bits per heavy atom. The topological polar surface area (TPSA) is 24.1 Å². The maximum Gasteiger partial charge on any atom is 0.0597 e. The predicted octanol–water partition coefficient (Wildman–Crippen LogP) is 7.48. The number of hydrogen-bond donors (Lipinski definition) is 2. The van der Waals surface area contributed by atoms with Gasteiger partial charge in [0, 0.05) is 28.6 Å². The summed E-state index contributed by atoms with van der Waals surface area (Å²) in [6.07, 6.45) is 25.5. The van der Waals surface area contributed by atoms with Crippen molar-refractivity contribution < 1.29 is 0 Å². The van der Waals surface area contributed by atoms with Crippen LogP contribution in [0.4, 0.5) is 0 Å². The summed E-state index contributed by atoms with van der Waals surface area (Å²) in [5, 5.41) is 8.42. The van der Waals surface area contributed by atoms with E-state index < -0.39 is 0 Å². The highest BCUT2D eigenvalue weighted by Gasteiger charge is 2.54. The van der Waals surface area contributed by atoms with Crippen molar-refractivity contribution in [2.24, 2.45) is 46.3 Å². The van der Waals surface area contributed by atoms with Crippen molar-refractivity contribution in [2.45, 2.75) is 122 Å². The fourth-order valence-corrected chi connectivity index (χ4v) is 11.7. The molecule has 0 saturated heterocycles. The van der Waals surface area contributed by atoms with Gasteiger partial charge in [-0.2, -0.15) is 0 Å². The molecule has 0 spiro atoms. The molecule has 0 amide bonds. The van der Waals surface area contributed by atoms with Crippen LogP contribution in [-0.2, 0) is 0 Å². The summed E-state index contributed by atoms with van der Waals surface area (Å²) in [6.45, 7) is 6.57. The van der Waals surface area contributed by atoms with Crippen LogP contribution in [0.25, 0.3) is 0 Å². The van der Waals surface area contributed by atoms with Crippen molar-refractivity contribution in [3.05, 3.63) is 29.8 Å². The number of rotatable bonds is 6. The van der Waals surface area contributed by atoms with Gasteiger partial charge in [-0.3, -0.25) is 0 Å². The van der Waals surface area contributed by atoms with Gasteiger partial charge in [-0.1, -0.05) is 25.5 Å². The third-order valence-electron chi connectivity index (χ3n) is 12.1. The Balaban J connectivity index is 1.09. The van der Waals surface area contributed by atoms with E-state index in [1.807, 2.05) is 0 Å². The van der Waals surface area contributed by atoms with E-state index >= 15 is 0 Å². The zero-order chi connectivity index (χ0) is 22.9. The van der Waals surface area contributed by atoms with Gasteiger partial charge < -0.3 is 10.6 Å². The number of allylic oxidation sites excluding steroid dienone is 3. The van der Waals surface area contributed by atoms with Gasteiger partial charge in [-0.05, 0) is 132 Å². The lowest BCUT2D eigenvalue weighted by molar-refractivity contribution is -0.0374. The Morgan fingerprint density at radius 3 is 1.50 bits per heavy atom. The Kier molecular flexibility index (Phi) is 5.32. The molecule has 2 unspecified atom stereocenters. The summed E-state index contributed by atoms with van der Waals surface area (Å²) in [6, 6.07) is 1.10. The van der Waals surface area contributed by atoms with Gasteiger partial charge >= 0.3 is 0 Å². The van der Waals surface area contributed by atoms with Gasteiger partial charge in [-0.25, -0.2) is 0 Å². The monoisotopic (exact) mass is 460 g/mol. The van der Waals surface area contributed by atoms with E-state index in [2.05, 4.69) is 35.9 Å². The normalized spacial score (nSPS) is 50.8. The molecule has 0 radical (unpaired) electrons. The molecule has 0 aliphatic heterocycles. The molecule has 2 atom stereocenters.